The summed E-state index contributed by atoms with van der Waals surface area (Å²) in [6, 6.07) is 3.45. The molecule has 7 nitrogen and oxygen atoms in total. The van der Waals surface area contributed by atoms with Crippen molar-refractivity contribution >= 4 is 11.2 Å². The summed E-state index contributed by atoms with van der Waals surface area (Å²) in [5.74, 6) is -0.794. The Hall–Kier alpha value is -3.33. The Morgan fingerprint density at radius 1 is 1.06 bits per heavy atom. The van der Waals surface area contributed by atoms with Crippen LogP contribution in [0.15, 0.2) is 30.6 Å². The number of nitrogens with zero attached hydrogens (tertiary/aromatic N) is 6. The number of hydrogen-bond acceptors (Lipinski definition) is 6. The van der Waals surface area contributed by atoms with E-state index in [0.29, 0.717) is 41.4 Å². The van der Waals surface area contributed by atoms with Crippen molar-refractivity contribution in [1.29, 1.82) is 0 Å². The van der Waals surface area contributed by atoms with Crippen molar-refractivity contribution in [2.24, 2.45) is 7.05 Å². The molecule has 0 N–H and O–H groups in total. The molecule has 0 saturated carbocycles. The molecule has 1 aliphatic rings. The Morgan fingerprint density at radius 2 is 1.88 bits per heavy atom. The third-order valence-electron chi connectivity index (χ3n) is 5.89. The average molecular weight is 436 g/mol. The first-order valence-corrected chi connectivity index (χ1v) is 10.5. The van der Waals surface area contributed by atoms with Crippen LogP contribution in [0.3, 0.4) is 0 Å². The summed E-state index contributed by atoms with van der Waals surface area (Å²) in [5.41, 5.74) is 3.75. The summed E-state index contributed by atoms with van der Waals surface area (Å²) in [6.45, 7) is 4.23. The number of hydrogen-bond donors (Lipinski definition) is 0. The third-order valence-corrected chi connectivity index (χ3v) is 5.89. The van der Waals surface area contributed by atoms with E-state index in [9.17, 15) is 8.78 Å². The average Bonchev–Trinajstić information content (AvgIpc) is 3.21. The summed E-state index contributed by atoms with van der Waals surface area (Å²) in [4.78, 5) is 18.6. The maximum absolute atomic E-state index is 14.7. The van der Waals surface area contributed by atoms with E-state index in [4.69, 9.17) is 14.7 Å². The molecule has 0 spiro atoms. The van der Waals surface area contributed by atoms with Gasteiger partial charge in [-0.3, -0.25) is 4.68 Å². The number of halogens is 2. The van der Waals surface area contributed by atoms with E-state index >= 15 is 0 Å². The maximum atomic E-state index is 14.7. The lowest BCUT2D eigenvalue weighted by atomic mass is 9.92. The smallest absolute Gasteiger partial charge is 0.182 e. The molecule has 4 aromatic rings. The molecule has 0 unspecified atom stereocenters. The fraction of sp³-hybridized carbons (Fsp3) is 0.348. The van der Waals surface area contributed by atoms with Gasteiger partial charge in [0, 0.05) is 43.0 Å². The van der Waals surface area contributed by atoms with Crippen molar-refractivity contribution in [3.63, 3.8) is 0 Å². The van der Waals surface area contributed by atoms with Gasteiger partial charge in [0.1, 0.15) is 28.7 Å². The quantitative estimate of drug-likeness (QED) is 0.475. The van der Waals surface area contributed by atoms with Crippen molar-refractivity contribution < 1.29 is 13.5 Å². The van der Waals surface area contributed by atoms with Crippen molar-refractivity contribution in [2.75, 3.05) is 6.61 Å². The Kier molecular flexibility index (Phi) is 5.13. The predicted octanol–water partition coefficient (Wildman–Crippen LogP) is 4.35. The summed E-state index contributed by atoms with van der Waals surface area (Å²) in [5, 5.41) is 4.23. The van der Waals surface area contributed by atoms with Crippen LogP contribution in [0.5, 0.6) is 0 Å². The van der Waals surface area contributed by atoms with Gasteiger partial charge in [-0.25, -0.2) is 28.7 Å². The summed E-state index contributed by atoms with van der Waals surface area (Å²) >= 11 is 0. The molecule has 2 atom stereocenters. The molecule has 0 bridgehead atoms. The molecule has 0 amide bonds. The fourth-order valence-electron chi connectivity index (χ4n) is 4.05. The van der Waals surface area contributed by atoms with Crippen LogP contribution in [0.25, 0.3) is 22.4 Å². The van der Waals surface area contributed by atoms with Crippen LogP contribution in [-0.4, -0.2) is 36.3 Å². The van der Waals surface area contributed by atoms with Crippen molar-refractivity contribution in [3.8, 4) is 11.3 Å². The monoisotopic (exact) mass is 436 g/mol. The number of aromatic nitrogens is 6. The van der Waals surface area contributed by atoms with Crippen LogP contribution in [0.2, 0.25) is 0 Å². The summed E-state index contributed by atoms with van der Waals surface area (Å²) in [7, 11) is 1.86. The molecule has 4 heterocycles. The minimum absolute atomic E-state index is 0.0102. The molecule has 1 saturated heterocycles. The minimum atomic E-state index is -0.698. The predicted molar refractivity (Wildman–Crippen MR) is 114 cm³/mol. The second-order valence-corrected chi connectivity index (χ2v) is 8.15. The Bertz CT molecular complexity index is 1320. The van der Waals surface area contributed by atoms with Crippen molar-refractivity contribution in [3.05, 3.63) is 65.0 Å². The molecule has 0 aliphatic carbocycles. The van der Waals surface area contributed by atoms with Gasteiger partial charge in [0.15, 0.2) is 5.65 Å². The highest BCUT2D eigenvalue weighted by molar-refractivity contribution is 5.87. The zero-order valence-corrected chi connectivity index (χ0v) is 18.0. The van der Waals surface area contributed by atoms with E-state index < -0.39 is 11.6 Å². The van der Waals surface area contributed by atoms with Gasteiger partial charge in [-0.2, -0.15) is 5.10 Å². The maximum Gasteiger partial charge on any atom is 0.182 e. The van der Waals surface area contributed by atoms with E-state index in [-0.39, 0.29) is 17.6 Å². The van der Waals surface area contributed by atoms with Gasteiger partial charge in [-0.05, 0) is 38.8 Å². The number of ether oxygens (including phenoxy) is 1. The first-order chi connectivity index (χ1) is 15.4. The zero-order chi connectivity index (χ0) is 22.4. The largest absolute Gasteiger partial charge is 0.373 e. The highest BCUT2D eigenvalue weighted by Gasteiger charge is 2.29. The normalized spacial score (nSPS) is 18.9. The molecule has 32 heavy (non-hydrogen) atoms. The van der Waals surface area contributed by atoms with Crippen molar-refractivity contribution in [1.82, 2.24) is 29.7 Å². The van der Waals surface area contributed by atoms with Gasteiger partial charge < -0.3 is 4.74 Å². The Balaban J connectivity index is 1.62. The molecular formula is C23H22F2N6O. The van der Waals surface area contributed by atoms with E-state index in [0.717, 1.165) is 23.7 Å². The molecule has 1 aliphatic heterocycles. The molecule has 1 aromatic carbocycles. The standard InChI is InChI=1S/C23H22F2N6O/c1-12-13(2)28-23-21(27-12)20(17-5-4-16(24)9-18(17)25)29-22(30-23)14-6-7-32-19(8-14)15-10-26-31(3)11-15/h4-5,9-11,14,19H,6-8H2,1-3H3/t14-,19+/m1/s1. The molecule has 164 valence electrons. The molecule has 1 fully saturated rings. The van der Waals surface area contributed by atoms with Crippen LogP contribution >= 0.6 is 0 Å². The van der Waals surface area contributed by atoms with Gasteiger partial charge >= 0.3 is 0 Å². The second kappa shape index (κ2) is 7.98. The zero-order valence-electron chi connectivity index (χ0n) is 18.0. The molecular weight excluding hydrogens is 414 g/mol. The number of fused-ring (bicyclic) bond motifs is 1. The van der Waals surface area contributed by atoms with Gasteiger partial charge in [-0.15, -0.1) is 0 Å². The lowest BCUT2D eigenvalue weighted by Gasteiger charge is -2.28. The van der Waals surface area contributed by atoms with Gasteiger partial charge in [0.25, 0.3) is 0 Å². The Morgan fingerprint density at radius 3 is 2.62 bits per heavy atom. The summed E-state index contributed by atoms with van der Waals surface area (Å²) in [6.07, 6.45) is 5.00. The molecule has 3 aromatic heterocycles. The van der Waals surface area contributed by atoms with Gasteiger partial charge in [0.05, 0.1) is 23.7 Å². The van der Waals surface area contributed by atoms with E-state index in [1.165, 1.54) is 12.1 Å². The van der Waals surface area contributed by atoms with Crippen molar-refractivity contribution in [2.45, 2.75) is 38.7 Å². The lowest BCUT2D eigenvalue weighted by molar-refractivity contribution is 0.00398. The van der Waals surface area contributed by atoms with Gasteiger partial charge in [0.2, 0.25) is 0 Å². The minimum Gasteiger partial charge on any atom is -0.373 e. The number of benzene rings is 1. The highest BCUT2D eigenvalue weighted by Crippen LogP contribution is 2.38. The lowest BCUT2D eigenvalue weighted by Crippen LogP contribution is -2.20. The van der Waals surface area contributed by atoms with E-state index in [1.807, 2.05) is 27.1 Å². The van der Waals surface area contributed by atoms with E-state index in [2.05, 4.69) is 15.1 Å². The first kappa shape index (κ1) is 20.6. The first-order valence-electron chi connectivity index (χ1n) is 10.5. The SMILES string of the molecule is Cc1nc2nc([C@@H]3CCO[C@H](c4cnn(C)c4)C3)nc(-c3ccc(F)cc3F)c2nc1C. The summed E-state index contributed by atoms with van der Waals surface area (Å²) < 4.78 is 36.0. The number of rotatable bonds is 3. The van der Waals surface area contributed by atoms with Gasteiger partial charge in [-0.1, -0.05) is 0 Å². The Labute approximate surface area is 183 Å². The van der Waals surface area contributed by atoms with Crippen LogP contribution < -0.4 is 0 Å². The van der Waals surface area contributed by atoms with E-state index in [1.54, 1.807) is 10.9 Å². The topological polar surface area (TPSA) is 78.6 Å². The van der Waals surface area contributed by atoms with Crippen LogP contribution in [-0.2, 0) is 11.8 Å². The molecule has 5 rings (SSSR count). The third kappa shape index (κ3) is 3.73. The highest BCUT2D eigenvalue weighted by atomic mass is 19.1. The fourth-order valence-corrected chi connectivity index (χ4v) is 4.05. The van der Waals surface area contributed by atoms with Crippen LogP contribution in [0.1, 0.15) is 47.6 Å². The van der Waals surface area contributed by atoms with Crippen LogP contribution in [0.4, 0.5) is 8.78 Å². The second-order valence-electron chi connectivity index (χ2n) is 8.15. The number of aryl methyl sites for hydroxylation is 3. The molecule has 0 radical (unpaired) electrons. The molecule has 9 heteroatoms. The van der Waals surface area contributed by atoms with Crippen LogP contribution in [0, 0.1) is 25.5 Å².